The second-order valence-electron chi connectivity index (χ2n) is 11.2. The van der Waals surface area contributed by atoms with Gasteiger partial charge in [0.25, 0.3) is 0 Å². The van der Waals surface area contributed by atoms with Gasteiger partial charge in [-0.2, -0.15) is 4.57 Å². The van der Waals surface area contributed by atoms with E-state index < -0.39 is 0 Å². The molecule has 0 atom stereocenters. The Bertz CT molecular complexity index is 1160. The van der Waals surface area contributed by atoms with Crippen molar-refractivity contribution in [3.8, 4) is 5.75 Å². The average Bonchev–Trinajstić information content (AvgIpc) is 3.35. The number of hydrogen-bond donors (Lipinski definition) is 0. The van der Waals surface area contributed by atoms with Crippen LogP contribution in [0.15, 0.2) is 54.2 Å². The summed E-state index contributed by atoms with van der Waals surface area (Å²) < 4.78 is 8.53. The van der Waals surface area contributed by atoms with Gasteiger partial charge in [-0.1, -0.05) is 119 Å². The Labute approximate surface area is 263 Å². The van der Waals surface area contributed by atoms with E-state index in [4.69, 9.17) is 4.74 Å². The first-order chi connectivity index (χ1) is 19.5. The molecule has 0 aliphatic carbocycles. The van der Waals surface area contributed by atoms with Crippen LogP contribution < -0.4 is 31.2 Å². The van der Waals surface area contributed by atoms with Gasteiger partial charge >= 0.3 is 0 Å². The Hall–Kier alpha value is -2.18. The van der Waals surface area contributed by atoms with E-state index in [1.54, 1.807) is 18.3 Å². The Balaban J connectivity index is 0.00000588. The summed E-state index contributed by atoms with van der Waals surface area (Å²) in [6.45, 7) is 10.2. The minimum absolute atomic E-state index is 0. The summed E-state index contributed by atoms with van der Waals surface area (Å²) in [4.78, 5) is 15.9. The molecule has 0 aliphatic heterocycles. The van der Waals surface area contributed by atoms with E-state index >= 15 is 0 Å². The summed E-state index contributed by atoms with van der Waals surface area (Å²) in [6, 6.07) is 14.6. The van der Waals surface area contributed by atoms with Crippen molar-refractivity contribution in [3.63, 3.8) is 0 Å². The number of thiazole rings is 1. The molecule has 1 aromatic heterocycles. The van der Waals surface area contributed by atoms with Crippen LogP contribution in [0.25, 0.3) is 0 Å². The zero-order valence-corrected chi connectivity index (χ0v) is 28.2. The summed E-state index contributed by atoms with van der Waals surface area (Å²) in [5, 5.41) is 0. The Kier molecular flexibility index (Phi) is 17.0. The number of rotatable bonds is 19. The van der Waals surface area contributed by atoms with Crippen molar-refractivity contribution in [1.29, 1.82) is 0 Å². The van der Waals surface area contributed by atoms with Gasteiger partial charge in [-0.3, -0.25) is 4.79 Å². The molecule has 0 aliphatic rings. The number of ether oxygens (including phenoxy) is 1. The molecule has 0 N–H and O–H groups in total. The van der Waals surface area contributed by atoms with Crippen molar-refractivity contribution in [2.24, 2.45) is 0 Å². The van der Waals surface area contributed by atoms with Gasteiger partial charge in [-0.25, -0.2) is 0 Å². The maximum Gasteiger partial charge on any atom is 0.225 e. The Morgan fingerprint density at radius 3 is 2.12 bits per heavy atom. The average molecular weight is 644 g/mol. The molecule has 0 fully saturated rings. The number of aromatic nitrogens is 1. The van der Waals surface area contributed by atoms with Gasteiger partial charge in [-0.05, 0) is 38.0 Å². The van der Waals surface area contributed by atoms with E-state index in [0.717, 1.165) is 42.1 Å². The number of anilines is 1. The highest BCUT2D eigenvalue weighted by Gasteiger charge is 2.17. The fourth-order valence-corrected chi connectivity index (χ4v) is 5.91. The SMILES string of the molecule is CCCCCCCCCCCCCCOc1c(C)cccc1CN(C(C)=O)c1cccc(C[n+]2csc(C)c2)c1.[Br-]. The van der Waals surface area contributed by atoms with Gasteiger partial charge in [0.2, 0.25) is 11.4 Å². The molecule has 41 heavy (non-hydrogen) atoms. The van der Waals surface area contributed by atoms with Crippen LogP contribution in [0.2, 0.25) is 0 Å². The highest BCUT2D eigenvalue weighted by Crippen LogP contribution is 2.28. The molecule has 226 valence electrons. The monoisotopic (exact) mass is 642 g/mol. The zero-order chi connectivity index (χ0) is 28.6. The lowest BCUT2D eigenvalue weighted by molar-refractivity contribution is -0.683. The maximum absolute atomic E-state index is 12.8. The lowest BCUT2D eigenvalue weighted by Gasteiger charge is -2.24. The lowest BCUT2D eigenvalue weighted by Crippen LogP contribution is -3.00. The number of benzene rings is 2. The van der Waals surface area contributed by atoms with Gasteiger partial charge < -0.3 is 26.6 Å². The summed E-state index contributed by atoms with van der Waals surface area (Å²) >= 11 is 1.75. The van der Waals surface area contributed by atoms with Gasteiger partial charge in [0.05, 0.1) is 18.0 Å². The first kappa shape index (κ1) is 35.0. The van der Waals surface area contributed by atoms with E-state index in [1.165, 1.54) is 81.1 Å². The van der Waals surface area contributed by atoms with Crippen molar-refractivity contribution in [3.05, 3.63) is 75.7 Å². The molecular formula is C35H51BrN2O2S. The topological polar surface area (TPSA) is 33.4 Å². The maximum atomic E-state index is 12.8. The van der Waals surface area contributed by atoms with Crippen molar-refractivity contribution < 1.29 is 31.1 Å². The second kappa shape index (κ2) is 19.9. The number of unbranched alkanes of at least 4 members (excludes halogenated alkanes) is 11. The van der Waals surface area contributed by atoms with Gasteiger partial charge in [0, 0.05) is 23.7 Å². The van der Waals surface area contributed by atoms with Crippen LogP contribution in [-0.4, -0.2) is 12.5 Å². The van der Waals surface area contributed by atoms with Crippen molar-refractivity contribution in [2.75, 3.05) is 11.5 Å². The molecule has 0 unspecified atom stereocenters. The summed E-state index contributed by atoms with van der Waals surface area (Å²) in [7, 11) is 0. The number of para-hydroxylation sites is 1. The zero-order valence-electron chi connectivity index (χ0n) is 25.8. The molecule has 0 saturated carbocycles. The molecule has 2 aromatic carbocycles. The molecule has 0 saturated heterocycles. The van der Waals surface area contributed by atoms with E-state index in [-0.39, 0.29) is 22.9 Å². The normalized spacial score (nSPS) is 10.8. The quantitative estimate of drug-likeness (QED) is 0.113. The molecule has 1 amide bonds. The number of amides is 1. The third-order valence-corrected chi connectivity index (χ3v) is 8.41. The number of aryl methyl sites for hydroxylation is 2. The molecule has 0 radical (unpaired) electrons. The highest BCUT2D eigenvalue weighted by molar-refractivity contribution is 7.09. The third kappa shape index (κ3) is 12.7. The van der Waals surface area contributed by atoms with Crippen LogP contribution in [0.3, 0.4) is 0 Å². The van der Waals surface area contributed by atoms with Gasteiger partial charge in [0.15, 0.2) is 12.7 Å². The minimum atomic E-state index is 0. The number of carbonyl (C=O) groups excluding carboxylic acids is 1. The predicted molar refractivity (Wildman–Crippen MR) is 169 cm³/mol. The van der Waals surface area contributed by atoms with Crippen molar-refractivity contribution >= 4 is 22.9 Å². The lowest BCUT2D eigenvalue weighted by atomic mass is 10.1. The van der Waals surface area contributed by atoms with Crippen LogP contribution in [0.5, 0.6) is 5.75 Å². The molecule has 0 spiro atoms. The van der Waals surface area contributed by atoms with Crippen LogP contribution >= 0.6 is 11.3 Å². The smallest absolute Gasteiger partial charge is 0.225 e. The largest absolute Gasteiger partial charge is 1.00 e. The van der Waals surface area contributed by atoms with E-state index in [9.17, 15) is 4.79 Å². The van der Waals surface area contributed by atoms with Crippen LogP contribution in [-0.2, 0) is 17.9 Å². The minimum Gasteiger partial charge on any atom is -1.00 e. The van der Waals surface area contributed by atoms with E-state index in [0.29, 0.717) is 6.54 Å². The third-order valence-electron chi connectivity index (χ3n) is 7.56. The molecule has 0 bridgehead atoms. The Morgan fingerprint density at radius 1 is 0.878 bits per heavy atom. The number of halogens is 1. The first-order valence-corrected chi connectivity index (χ1v) is 16.4. The summed E-state index contributed by atoms with van der Waals surface area (Å²) in [5.41, 5.74) is 6.42. The van der Waals surface area contributed by atoms with E-state index in [2.05, 4.69) is 67.4 Å². The summed E-state index contributed by atoms with van der Waals surface area (Å²) in [6.07, 6.45) is 18.2. The molecule has 6 heteroatoms. The summed E-state index contributed by atoms with van der Waals surface area (Å²) in [5.74, 6) is 0.960. The highest BCUT2D eigenvalue weighted by atomic mass is 79.9. The van der Waals surface area contributed by atoms with E-state index in [1.807, 2.05) is 17.0 Å². The molecule has 3 aromatic rings. The van der Waals surface area contributed by atoms with Gasteiger partial charge in [-0.15, -0.1) is 0 Å². The first-order valence-electron chi connectivity index (χ1n) is 15.5. The molecular weight excluding hydrogens is 592 g/mol. The number of nitrogens with zero attached hydrogens (tertiary/aromatic N) is 2. The van der Waals surface area contributed by atoms with Crippen molar-refractivity contribution in [2.45, 2.75) is 118 Å². The number of hydrogen-bond acceptors (Lipinski definition) is 3. The molecule has 3 rings (SSSR count). The molecule has 4 nitrogen and oxygen atoms in total. The molecule has 1 heterocycles. The van der Waals surface area contributed by atoms with Crippen LogP contribution in [0, 0.1) is 13.8 Å². The predicted octanol–water partition coefficient (Wildman–Crippen LogP) is 6.34. The van der Waals surface area contributed by atoms with Crippen LogP contribution in [0.1, 0.15) is 112 Å². The second-order valence-corrected chi connectivity index (χ2v) is 12.3. The van der Waals surface area contributed by atoms with Gasteiger partial charge in [0.1, 0.15) is 5.75 Å². The number of carbonyl (C=O) groups is 1. The van der Waals surface area contributed by atoms with Crippen LogP contribution in [0.4, 0.5) is 5.69 Å². The van der Waals surface area contributed by atoms with Crippen molar-refractivity contribution in [1.82, 2.24) is 0 Å². The fourth-order valence-electron chi connectivity index (χ4n) is 5.28. The Morgan fingerprint density at radius 2 is 1.51 bits per heavy atom. The fraction of sp³-hybridized carbons (Fsp3) is 0.543. The standard InChI is InChI=1S/C35H51N2O2S.BrH/c1-5-6-7-8-9-10-11-12-13-14-15-16-23-39-35-29(2)19-17-21-33(35)27-37(31(4)38)34-22-18-20-32(24-34)26-36-25-30(3)40-28-36;/h17-22,24-25,28H,5-16,23,26-27H2,1-4H3;1H/q+1;/p-1.